The Balaban J connectivity index is 1.06. The zero-order valence-electron chi connectivity index (χ0n) is 33.4. The zero-order chi connectivity index (χ0) is 39.4. The summed E-state index contributed by atoms with van der Waals surface area (Å²) < 4.78 is 0. The molecule has 0 saturated heterocycles. The van der Waals surface area contributed by atoms with Crippen molar-refractivity contribution in [2.75, 3.05) is 9.80 Å². The van der Waals surface area contributed by atoms with Gasteiger partial charge in [0.05, 0.1) is 0 Å². The molecule has 0 aliphatic heterocycles. The van der Waals surface area contributed by atoms with E-state index in [2.05, 4.69) is 219 Å². The summed E-state index contributed by atoms with van der Waals surface area (Å²) in [7, 11) is 0. The van der Waals surface area contributed by atoms with Crippen molar-refractivity contribution in [2.45, 2.75) is 39.0 Å². The number of rotatable bonds is 9. The highest BCUT2D eigenvalue weighted by Gasteiger charge is 2.36. The van der Waals surface area contributed by atoms with Crippen molar-refractivity contribution in [1.82, 2.24) is 0 Å². The molecule has 0 bridgehead atoms. The first kappa shape index (κ1) is 35.5. The summed E-state index contributed by atoms with van der Waals surface area (Å²) in [5.74, 6) is 0. The molecule has 1 aliphatic rings. The fraction of sp³-hybridized carbons (Fsp3) is 0.107. The highest BCUT2D eigenvalue weighted by atomic mass is 15.1. The van der Waals surface area contributed by atoms with Gasteiger partial charge in [-0.15, -0.1) is 0 Å². The summed E-state index contributed by atoms with van der Waals surface area (Å²) in [6.45, 7) is 11.2. The molecule has 0 atom stereocenters. The van der Waals surface area contributed by atoms with E-state index in [1.54, 1.807) is 0 Å². The molecule has 280 valence electrons. The Morgan fingerprint density at radius 1 is 0.431 bits per heavy atom. The lowest BCUT2D eigenvalue weighted by atomic mass is 9.81. The average molecular weight is 747 g/mol. The molecule has 0 N–H and O–H groups in total. The normalized spacial score (nSPS) is 12.7. The molecule has 0 fully saturated rings. The minimum atomic E-state index is -0.177. The molecular formula is C56H46N2. The lowest BCUT2D eigenvalue weighted by Gasteiger charge is -2.27. The average Bonchev–Trinajstić information content (AvgIpc) is 3.47. The second kappa shape index (κ2) is 14.2. The third kappa shape index (κ3) is 6.04. The predicted molar refractivity (Wildman–Crippen MR) is 250 cm³/mol. The fourth-order valence-corrected chi connectivity index (χ4v) is 9.25. The maximum Gasteiger partial charge on any atom is 0.0468 e. The van der Waals surface area contributed by atoms with Gasteiger partial charge in [-0.25, -0.2) is 0 Å². The van der Waals surface area contributed by atoms with Gasteiger partial charge < -0.3 is 9.80 Å². The summed E-state index contributed by atoms with van der Waals surface area (Å²) >= 11 is 0. The lowest BCUT2D eigenvalue weighted by molar-refractivity contribution is 0.662. The Morgan fingerprint density at radius 3 is 1.38 bits per heavy atom. The molecule has 0 spiro atoms. The van der Waals surface area contributed by atoms with E-state index in [9.17, 15) is 0 Å². The maximum atomic E-state index is 4.17. The molecule has 0 saturated carbocycles. The number of benzene rings is 9. The van der Waals surface area contributed by atoms with Crippen LogP contribution in [0, 0.1) is 0 Å². The predicted octanol–water partition coefficient (Wildman–Crippen LogP) is 16.0. The van der Waals surface area contributed by atoms with Gasteiger partial charge in [0.15, 0.2) is 0 Å². The van der Waals surface area contributed by atoms with Crippen molar-refractivity contribution in [2.24, 2.45) is 0 Å². The molecule has 0 aromatic heterocycles. The van der Waals surface area contributed by atoms with E-state index < -0.39 is 0 Å². The first-order chi connectivity index (χ1) is 28.4. The third-order valence-corrected chi connectivity index (χ3v) is 12.2. The number of para-hydroxylation sites is 2. The zero-order valence-corrected chi connectivity index (χ0v) is 33.4. The molecule has 0 radical (unpaired) electrons. The van der Waals surface area contributed by atoms with Crippen molar-refractivity contribution in [3.05, 3.63) is 211 Å². The van der Waals surface area contributed by atoms with Gasteiger partial charge >= 0.3 is 0 Å². The summed E-state index contributed by atoms with van der Waals surface area (Å²) in [5.41, 5.74) is 14.6. The summed E-state index contributed by atoms with van der Waals surface area (Å²) in [4.78, 5) is 4.75. The first-order valence-electron chi connectivity index (χ1n) is 20.5. The Kier molecular flexibility index (Phi) is 8.72. The lowest BCUT2D eigenvalue weighted by Crippen LogP contribution is -2.15. The van der Waals surface area contributed by atoms with Crippen LogP contribution in [0.4, 0.5) is 34.1 Å². The Hall–Kier alpha value is -6.90. The van der Waals surface area contributed by atoms with Gasteiger partial charge in [-0.1, -0.05) is 125 Å². The van der Waals surface area contributed by atoms with E-state index in [1.165, 1.54) is 65.7 Å². The van der Waals surface area contributed by atoms with Crippen molar-refractivity contribution in [3.8, 4) is 11.1 Å². The number of nitrogens with zero attached hydrogens (tertiary/aromatic N) is 2. The highest BCUT2D eigenvalue weighted by molar-refractivity contribution is 6.01. The maximum absolute atomic E-state index is 4.17. The molecule has 1 aliphatic carbocycles. The number of hydrogen-bond donors (Lipinski definition) is 0. The van der Waals surface area contributed by atoms with Crippen LogP contribution < -0.4 is 9.80 Å². The smallest absolute Gasteiger partial charge is 0.0468 e. The van der Waals surface area contributed by atoms with Crippen LogP contribution in [-0.2, 0) is 11.8 Å². The van der Waals surface area contributed by atoms with Crippen molar-refractivity contribution in [3.63, 3.8) is 0 Å². The summed E-state index contributed by atoms with van der Waals surface area (Å²) in [6, 6.07) is 67.2. The monoisotopic (exact) mass is 746 g/mol. The summed E-state index contributed by atoms with van der Waals surface area (Å²) in [5, 5.41) is 7.45. The molecule has 2 nitrogen and oxygen atoms in total. The largest absolute Gasteiger partial charge is 0.310 e. The molecule has 58 heavy (non-hydrogen) atoms. The molecule has 9 aromatic carbocycles. The molecule has 9 aromatic rings. The van der Waals surface area contributed by atoms with Gasteiger partial charge in [-0.3, -0.25) is 0 Å². The van der Waals surface area contributed by atoms with Gasteiger partial charge in [-0.2, -0.15) is 0 Å². The van der Waals surface area contributed by atoms with Crippen LogP contribution in [0.25, 0.3) is 49.5 Å². The number of aryl methyl sites for hydroxylation is 1. The van der Waals surface area contributed by atoms with Crippen molar-refractivity contribution < 1.29 is 0 Å². The quantitative estimate of drug-likeness (QED) is 0.145. The highest BCUT2D eigenvalue weighted by Crippen LogP contribution is 2.52. The van der Waals surface area contributed by atoms with E-state index in [0.29, 0.717) is 0 Å². The Bertz CT molecular complexity index is 3010. The molecule has 10 rings (SSSR count). The van der Waals surface area contributed by atoms with Gasteiger partial charge in [0.25, 0.3) is 0 Å². The Labute approximate surface area is 342 Å². The second-order valence-corrected chi connectivity index (χ2v) is 16.2. The number of anilines is 6. The minimum absolute atomic E-state index is 0.177. The van der Waals surface area contributed by atoms with Gasteiger partial charge in [-0.05, 0) is 169 Å². The standard InChI is InChI=1S/C56H46N2/c1-5-15-39-22-26-48(30-38(39)6-2)57(46-18-9-7-10-19-46)50-28-24-42-34-52-53-35-43-25-29-51(33-45(43)37-55(53)56(3,4)54(52)36-44(42)32-50)58(47-20-11-8-12-21-47)49-27-23-40-16-13-14-17-41(40)31-49/h6-14,16-37H,2,5,15H2,1,3-4H3. The topological polar surface area (TPSA) is 6.48 Å². The SMILES string of the molecule is C=Cc1cc(N(c2ccccc2)c2ccc3cc4c(cc3c2)C(C)(C)c2cc3cc(N(c5ccccc5)c5ccc6ccccc6c5)ccc3cc2-4)ccc1CCC. The van der Waals surface area contributed by atoms with Crippen molar-refractivity contribution >= 4 is 72.5 Å². The fourth-order valence-electron chi connectivity index (χ4n) is 9.25. The van der Waals surface area contributed by atoms with E-state index in [0.717, 1.165) is 47.0 Å². The molecule has 0 unspecified atom stereocenters. The van der Waals surface area contributed by atoms with Gasteiger partial charge in [0.2, 0.25) is 0 Å². The van der Waals surface area contributed by atoms with Crippen LogP contribution in [-0.4, -0.2) is 0 Å². The van der Waals surface area contributed by atoms with Crippen LogP contribution in [0.2, 0.25) is 0 Å². The van der Waals surface area contributed by atoms with E-state index in [1.807, 2.05) is 6.08 Å². The van der Waals surface area contributed by atoms with Crippen LogP contribution in [0.3, 0.4) is 0 Å². The second-order valence-electron chi connectivity index (χ2n) is 16.2. The molecular weight excluding hydrogens is 701 g/mol. The minimum Gasteiger partial charge on any atom is -0.310 e. The Morgan fingerprint density at radius 2 is 0.862 bits per heavy atom. The van der Waals surface area contributed by atoms with E-state index in [-0.39, 0.29) is 5.41 Å². The van der Waals surface area contributed by atoms with E-state index in [4.69, 9.17) is 0 Å². The number of fused-ring (bicyclic) bond motifs is 6. The van der Waals surface area contributed by atoms with Gasteiger partial charge in [0.1, 0.15) is 0 Å². The molecule has 0 amide bonds. The molecule has 2 heteroatoms. The van der Waals surface area contributed by atoms with Crippen LogP contribution in [0.5, 0.6) is 0 Å². The van der Waals surface area contributed by atoms with Crippen molar-refractivity contribution in [1.29, 1.82) is 0 Å². The third-order valence-electron chi connectivity index (χ3n) is 12.2. The van der Waals surface area contributed by atoms with Crippen LogP contribution >= 0.6 is 0 Å². The molecule has 0 heterocycles. The number of hydrogen-bond acceptors (Lipinski definition) is 2. The first-order valence-corrected chi connectivity index (χ1v) is 20.5. The van der Waals surface area contributed by atoms with Crippen LogP contribution in [0.1, 0.15) is 49.4 Å². The van der Waals surface area contributed by atoms with Gasteiger partial charge in [0, 0.05) is 39.5 Å². The van der Waals surface area contributed by atoms with E-state index >= 15 is 0 Å². The summed E-state index contributed by atoms with van der Waals surface area (Å²) in [6.07, 6.45) is 4.14. The van der Waals surface area contributed by atoms with Crippen LogP contribution in [0.15, 0.2) is 189 Å².